The molecule has 18 heteroatoms. The van der Waals surface area contributed by atoms with Crippen LogP contribution in [-0.2, 0) is 31.6 Å². The maximum absolute atomic E-state index is 12.5. The molecule has 5 N–H and O–H groups in total. The highest BCUT2D eigenvalue weighted by Crippen LogP contribution is 2.67. The van der Waals surface area contributed by atoms with Crippen molar-refractivity contribution in [1.82, 2.24) is 9.55 Å². The zero-order valence-corrected chi connectivity index (χ0v) is 27.4. The van der Waals surface area contributed by atoms with Gasteiger partial charge in [-0.1, -0.05) is 34.9 Å². The summed E-state index contributed by atoms with van der Waals surface area (Å²) in [6.07, 6.45) is 8.93. The highest BCUT2D eigenvalue weighted by molar-refractivity contribution is 7.66. The number of aromatic amines is 1. The number of hydrogen-bond acceptors (Lipinski definition) is 9. The Morgan fingerprint density at radius 2 is 1.53 bits per heavy atom. The lowest BCUT2D eigenvalue weighted by atomic mass is 10.0. The summed E-state index contributed by atoms with van der Waals surface area (Å²) >= 11 is 0. The van der Waals surface area contributed by atoms with E-state index < -0.39 is 53.2 Å². The zero-order valence-electron chi connectivity index (χ0n) is 24.7. The van der Waals surface area contributed by atoms with Crippen LogP contribution in [0.15, 0.2) is 50.7 Å². The molecule has 2 rings (SSSR count). The van der Waals surface area contributed by atoms with E-state index in [0.717, 1.165) is 35.8 Å². The molecule has 0 aliphatic carbocycles. The SMILES string of the molecule is CC(C)=CCCC(C)=CCCC(C)=CCC[C@@H]1CC(OP(=O)(O)OP(=O)(O)OP(=O)(O)O)[C@H](n2cc(C)c(=O)[nH]c2=O)O1. The van der Waals surface area contributed by atoms with Crippen molar-refractivity contribution in [2.75, 3.05) is 0 Å². The fourth-order valence-corrected chi connectivity index (χ4v) is 7.53. The minimum absolute atomic E-state index is 0.0707. The third kappa shape index (κ3) is 13.8. The summed E-state index contributed by atoms with van der Waals surface area (Å²) in [5, 5.41) is 0. The molecule has 1 aliphatic heterocycles. The van der Waals surface area contributed by atoms with Crippen LogP contribution in [0.4, 0.5) is 0 Å². The second-order valence-electron chi connectivity index (χ2n) is 10.6. The molecule has 0 amide bonds. The average molecular weight is 671 g/mol. The van der Waals surface area contributed by atoms with Gasteiger partial charge in [-0.25, -0.2) is 18.5 Å². The molecule has 0 bridgehead atoms. The first-order chi connectivity index (χ1) is 19.8. The maximum atomic E-state index is 12.5. The van der Waals surface area contributed by atoms with Crippen LogP contribution in [0.2, 0.25) is 0 Å². The lowest BCUT2D eigenvalue weighted by Crippen LogP contribution is -2.36. The highest BCUT2D eigenvalue weighted by Gasteiger charge is 2.46. The van der Waals surface area contributed by atoms with E-state index in [9.17, 15) is 33.1 Å². The van der Waals surface area contributed by atoms with Crippen LogP contribution in [0.25, 0.3) is 0 Å². The smallest absolute Gasteiger partial charge is 0.352 e. The largest absolute Gasteiger partial charge is 0.490 e. The van der Waals surface area contributed by atoms with Gasteiger partial charge in [0.05, 0.1) is 6.10 Å². The molecule has 1 aliphatic rings. The number of nitrogens with one attached hydrogen (secondary N) is 1. The normalized spacial score (nSPS) is 22.7. The van der Waals surface area contributed by atoms with Gasteiger partial charge in [0, 0.05) is 18.2 Å². The highest BCUT2D eigenvalue weighted by atomic mass is 31.3. The standard InChI is InChI=1S/C25H41N2O13P3/c1-17(2)9-6-10-18(3)11-7-12-19(4)13-8-14-21-15-22(24(37-21)27-16-20(5)23(28)26-25(27)29)38-42(33,34)40-43(35,36)39-41(30,31)32/h9,11,13,16,21-22,24H,6-8,10,12,14-15H2,1-5H3,(H,33,34)(H,35,36)(H,26,28,29)(H2,30,31,32)/t21-,22?,24-/m1/s1. The Hall–Kier alpha value is -1.73. The van der Waals surface area contributed by atoms with Gasteiger partial charge < -0.3 is 24.3 Å². The van der Waals surface area contributed by atoms with Crippen molar-refractivity contribution < 1.29 is 51.2 Å². The Labute approximate surface area is 249 Å². The summed E-state index contributed by atoms with van der Waals surface area (Å²) in [5.41, 5.74) is 2.35. The Morgan fingerprint density at radius 1 is 0.953 bits per heavy atom. The van der Waals surface area contributed by atoms with Gasteiger partial charge in [-0.15, -0.1) is 0 Å². The van der Waals surface area contributed by atoms with Crippen molar-refractivity contribution in [2.24, 2.45) is 0 Å². The molecule has 0 aromatic carbocycles. The molecule has 5 atom stereocenters. The van der Waals surface area contributed by atoms with Gasteiger partial charge in [-0.2, -0.15) is 8.62 Å². The molecular weight excluding hydrogens is 629 g/mol. The average Bonchev–Trinajstić information content (AvgIpc) is 3.19. The van der Waals surface area contributed by atoms with E-state index in [1.807, 2.05) is 13.0 Å². The summed E-state index contributed by atoms with van der Waals surface area (Å²) in [5.74, 6) is 0. The van der Waals surface area contributed by atoms with E-state index in [0.29, 0.717) is 12.8 Å². The monoisotopic (exact) mass is 670 g/mol. The molecule has 2 heterocycles. The lowest BCUT2D eigenvalue weighted by Gasteiger charge is -2.23. The van der Waals surface area contributed by atoms with Gasteiger partial charge in [0.25, 0.3) is 5.56 Å². The van der Waals surface area contributed by atoms with Gasteiger partial charge in [0.15, 0.2) is 6.23 Å². The molecular formula is C25H41N2O13P3. The van der Waals surface area contributed by atoms with Crippen LogP contribution in [0.3, 0.4) is 0 Å². The molecule has 15 nitrogen and oxygen atoms in total. The van der Waals surface area contributed by atoms with Crippen LogP contribution in [0.5, 0.6) is 0 Å². The molecule has 0 saturated carbocycles. The topological polar surface area (TPSA) is 224 Å². The number of allylic oxidation sites excluding steroid dienone is 6. The molecule has 244 valence electrons. The van der Waals surface area contributed by atoms with E-state index in [2.05, 4.69) is 46.5 Å². The summed E-state index contributed by atoms with van der Waals surface area (Å²) in [6, 6.07) is 0. The van der Waals surface area contributed by atoms with E-state index in [1.165, 1.54) is 24.3 Å². The fraction of sp³-hybridized carbons (Fsp3) is 0.600. The first-order valence-corrected chi connectivity index (χ1v) is 18.0. The molecule has 1 aromatic rings. The van der Waals surface area contributed by atoms with E-state index in [-0.39, 0.29) is 12.0 Å². The summed E-state index contributed by atoms with van der Waals surface area (Å²) < 4.78 is 54.8. The molecule has 1 aromatic heterocycles. The summed E-state index contributed by atoms with van der Waals surface area (Å²) in [4.78, 5) is 63.5. The van der Waals surface area contributed by atoms with Gasteiger partial charge in [-0.05, 0) is 73.1 Å². The van der Waals surface area contributed by atoms with Gasteiger partial charge in [0.1, 0.15) is 6.10 Å². The second-order valence-corrected chi connectivity index (χ2v) is 15.0. The number of aromatic nitrogens is 2. The zero-order chi connectivity index (χ0) is 32.6. The number of nitrogens with zero attached hydrogens (tertiary/aromatic N) is 1. The Morgan fingerprint density at radius 3 is 2.12 bits per heavy atom. The maximum Gasteiger partial charge on any atom is 0.490 e. The first-order valence-electron chi connectivity index (χ1n) is 13.5. The quantitative estimate of drug-likeness (QED) is 0.115. The van der Waals surface area contributed by atoms with E-state index in [1.54, 1.807) is 0 Å². The first kappa shape index (κ1) is 37.5. The Balaban J connectivity index is 2.11. The number of rotatable bonds is 16. The number of aryl methyl sites for hydroxylation is 1. The molecule has 3 unspecified atom stereocenters. The van der Waals surface area contributed by atoms with Crippen molar-refractivity contribution in [3.8, 4) is 0 Å². The van der Waals surface area contributed by atoms with Crippen molar-refractivity contribution >= 4 is 23.5 Å². The number of ether oxygens (including phenoxy) is 1. The number of phosphoric ester groups is 1. The number of phosphoric acid groups is 3. The summed E-state index contributed by atoms with van der Waals surface area (Å²) in [6.45, 7) is 9.69. The Kier molecular flexibility index (Phi) is 14.0. The predicted molar refractivity (Wildman–Crippen MR) is 158 cm³/mol. The van der Waals surface area contributed by atoms with Crippen molar-refractivity contribution in [3.63, 3.8) is 0 Å². The minimum Gasteiger partial charge on any atom is -0.352 e. The van der Waals surface area contributed by atoms with Crippen LogP contribution < -0.4 is 11.2 Å². The van der Waals surface area contributed by atoms with E-state index in [4.69, 9.17) is 19.0 Å². The van der Waals surface area contributed by atoms with Crippen molar-refractivity contribution in [2.45, 2.75) is 98.0 Å². The molecule has 1 saturated heterocycles. The Bertz CT molecular complexity index is 1470. The molecule has 0 spiro atoms. The molecule has 0 radical (unpaired) electrons. The molecule has 43 heavy (non-hydrogen) atoms. The van der Waals surface area contributed by atoms with Gasteiger partial charge >= 0.3 is 29.2 Å². The third-order valence-corrected chi connectivity index (χ3v) is 10.2. The number of hydrogen-bond donors (Lipinski definition) is 5. The van der Waals surface area contributed by atoms with E-state index >= 15 is 0 Å². The minimum atomic E-state index is -5.75. The lowest BCUT2D eigenvalue weighted by molar-refractivity contribution is -0.0405. The van der Waals surface area contributed by atoms with Gasteiger partial charge in [0.2, 0.25) is 0 Å². The van der Waals surface area contributed by atoms with Crippen LogP contribution >= 0.6 is 23.5 Å². The predicted octanol–water partition coefficient (Wildman–Crippen LogP) is 5.04. The van der Waals surface area contributed by atoms with Crippen LogP contribution in [0, 0.1) is 6.92 Å². The number of H-pyrrole nitrogens is 1. The van der Waals surface area contributed by atoms with Gasteiger partial charge in [-0.3, -0.25) is 18.9 Å². The van der Waals surface area contributed by atoms with Crippen molar-refractivity contribution in [3.05, 3.63) is 67.5 Å². The molecule has 1 fully saturated rings. The van der Waals surface area contributed by atoms with Crippen LogP contribution in [0.1, 0.15) is 84.4 Å². The second kappa shape index (κ2) is 16.0. The van der Waals surface area contributed by atoms with Crippen molar-refractivity contribution in [1.29, 1.82) is 0 Å². The fourth-order valence-electron chi connectivity index (χ4n) is 4.34. The van der Waals surface area contributed by atoms with Crippen LogP contribution in [-0.4, -0.2) is 41.3 Å². The summed E-state index contributed by atoms with van der Waals surface area (Å²) in [7, 11) is -16.8. The third-order valence-electron chi connectivity index (χ3n) is 6.35.